The second kappa shape index (κ2) is 11.3. The molecule has 0 radical (unpaired) electrons. The fourth-order valence-electron chi connectivity index (χ4n) is 4.28. The SMILES string of the molecule is COc1cccc2[nH]c(C(=O)N[C@@H](CC(C)C)C(=O)N[C@@H](CC3CCNC3=O)C(O)S(=O)(=O)O)cc12. The zero-order chi connectivity index (χ0) is 26.6. The van der Waals surface area contributed by atoms with Crippen LogP contribution in [-0.4, -0.2) is 72.0 Å². The second-order valence-electron chi connectivity index (χ2n) is 9.29. The van der Waals surface area contributed by atoms with E-state index in [4.69, 9.17) is 4.74 Å². The van der Waals surface area contributed by atoms with Crippen LogP contribution in [0.4, 0.5) is 0 Å². The first-order chi connectivity index (χ1) is 16.9. The van der Waals surface area contributed by atoms with Crippen LogP contribution in [0.2, 0.25) is 0 Å². The van der Waals surface area contributed by atoms with Crippen molar-refractivity contribution in [2.24, 2.45) is 11.8 Å². The molecule has 13 heteroatoms. The van der Waals surface area contributed by atoms with Gasteiger partial charge < -0.3 is 30.8 Å². The smallest absolute Gasteiger partial charge is 0.294 e. The highest BCUT2D eigenvalue weighted by atomic mass is 32.2. The Morgan fingerprint density at radius 3 is 2.56 bits per heavy atom. The number of benzene rings is 1. The van der Waals surface area contributed by atoms with E-state index >= 15 is 0 Å². The van der Waals surface area contributed by atoms with Gasteiger partial charge in [0.1, 0.15) is 17.5 Å². The summed E-state index contributed by atoms with van der Waals surface area (Å²) in [6, 6.07) is 4.33. The van der Waals surface area contributed by atoms with Crippen molar-refractivity contribution >= 4 is 38.7 Å². The van der Waals surface area contributed by atoms with Gasteiger partial charge in [0.2, 0.25) is 17.3 Å². The van der Waals surface area contributed by atoms with E-state index in [0.29, 0.717) is 29.6 Å². The molecule has 0 bridgehead atoms. The third-order valence-electron chi connectivity index (χ3n) is 6.10. The van der Waals surface area contributed by atoms with Gasteiger partial charge in [0, 0.05) is 23.4 Å². The van der Waals surface area contributed by atoms with E-state index in [0.717, 1.165) is 0 Å². The molecule has 0 saturated carbocycles. The van der Waals surface area contributed by atoms with Gasteiger partial charge in [-0.2, -0.15) is 8.42 Å². The van der Waals surface area contributed by atoms with Crippen molar-refractivity contribution in [3.05, 3.63) is 30.0 Å². The van der Waals surface area contributed by atoms with Gasteiger partial charge in [-0.3, -0.25) is 18.9 Å². The summed E-state index contributed by atoms with van der Waals surface area (Å²) >= 11 is 0. The van der Waals surface area contributed by atoms with Gasteiger partial charge in [0.15, 0.2) is 0 Å². The third-order valence-corrected chi connectivity index (χ3v) is 7.03. The molecule has 0 aliphatic carbocycles. The van der Waals surface area contributed by atoms with Gasteiger partial charge in [0.25, 0.3) is 16.0 Å². The maximum Gasteiger partial charge on any atom is 0.294 e. The third kappa shape index (κ3) is 6.53. The summed E-state index contributed by atoms with van der Waals surface area (Å²) in [5, 5.41) is 18.6. The number of rotatable bonds is 11. The molecule has 1 aromatic carbocycles. The van der Waals surface area contributed by atoms with Crippen LogP contribution in [0.3, 0.4) is 0 Å². The van der Waals surface area contributed by atoms with Crippen LogP contribution in [0.5, 0.6) is 5.75 Å². The Bertz CT molecular complexity index is 1230. The van der Waals surface area contributed by atoms with Crippen LogP contribution in [0.15, 0.2) is 24.3 Å². The van der Waals surface area contributed by atoms with Crippen LogP contribution >= 0.6 is 0 Å². The molecule has 1 aliphatic rings. The molecule has 3 amide bonds. The maximum atomic E-state index is 13.2. The largest absolute Gasteiger partial charge is 0.496 e. The first-order valence-corrected chi connectivity index (χ1v) is 13.1. The Balaban J connectivity index is 1.80. The quantitative estimate of drug-likeness (QED) is 0.230. The van der Waals surface area contributed by atoms with Crippen molar-refractivity contribution in [1.29, 1.82) is 0 Å². The summed E-state index contributed by atoms with van der Waals surface area (Å²) in [6.45, 7) is 4.06. The van der Waals surface area contributed by atoms with Crippen LogP contribution in [-0.2, 0) is 19.7 Å². The van der Waals surface area contributed by atoms with E-state index in [-0.39, 0.29) is 30.4 Å². The summed E-state index contributed by atoms with van der Waals surface area (Å²) in [6.07, 6.45) is 0.391. The predicted molar refractivity (Wildman–Crippen MR) is 131 cm³/mol. The minimum absolute atomic E-state index is 0.0329. The zero-order valence-corrected chi connectivity index (χ0v) is 21.1. The monoisotopic (exact) mass is 524 g/mol. The van der Waals surface area contributed by atoms with Crippen molar-refractivity contribution < 1.29 is 37.2 Å². The lowest BCUT2D eigenvalue weighted by atomic mass is 9.97. The number of carbonyl (C=O) groups excluding carboxylic acids is 3. The van der Waals surface area contributed by atoms with Gasteiger partial charge in [-0.1, -0.05) is 19.9 Å². The second-order valence-corrected chi connectivity index (χ2v) is 10.8. The molecular weight excluding hydrogens is 492 g/mol. The van der Waals surface area contributed by atoms with Crippen molar-refractivity contribution in [3.8, 4) is 5.75 Å². The highest BCUT2D eigenvalue weighted by molar-refractivity contribution is 7.86. The number of hydrogen-bond acceptors (Lipinski definition) is 7. The molecule has 2 heterocycles. The number of aliphatic hydroxyl groups is 1. The van der Waals surface area contributed by atoms with Crippen molar-refractivity contribution in [2.45, 2.75) is 50.6 Å². The molecule has 6 N–H and O–H groups in total. The summed E-state index contributed by atoms with van der Waals surface area (Å²) in [7, 11) is -3.43. The first-order valence-electron chi connectivity index (χ1n) is 11.6. The van der Waals surface area contributed by atoms with Crippen LogP contribution in [0, 0.1) is 11.8 Å². The summed E-state index contributed by atoms with van der Waals surface area (Å²) in [5.74, 6) is -1.77. The molecule has 2 aromatic rings. The van der Waals surface area contributed by atoms with Crippen molar-refractivity contribution in [3.63, 3.8) is 0 Å². The lowest BCUT2D eigenvalue weighted by Gasteiger charge is -2.27. The Morgan fingerprint density at radius 1 is 1.25 bits per heavy atom. The number of aromatic nitrogens is 1. The minimum atomic E-state index is -4.94. The molecule has 1 aromatic heterocycles. The topological polar surface area (TPSA) is 187 Å². The number of ether oxygens (including phenoxy) is 1. The average Bonchev–Trinajstić information content (AvgIpc) is 3.42. The number of methoxy groups -OCH3 is 1. The summed E-state index contributed by atoms with van der Waals surface area (Å²) in [5.41, 5.74) is -1.49. The van der Waals surface area contributed by atoms with Gasteiger partial charge in [-0.05, 0) is 43.4 Å². The molecule has 12 nitrogen and oxygen atoms in total. The van der Waals surface area contributed by atoms with E-state index in [1.54, 1.807) is 24.3 Å². The lowest BCUT2D eigenvalue weighted by molar-refractivity contribution is -0.126. The van der Waals surface area contributed by atoms with Gasteiger partial charge in [0.05, 0.1) is 13.2 Å². The normalized spacial score (nSPS) is 18.5. The number of aromatic amines is 1. The van der Waals surface area contributed by atoms with E-state index in [2.05, 4.69) is 20.9 Å². The number of carbonyl (C=O) groups is 3. The highest BCUT2D eigenvalue weighted by Crippen LogP contribution is 2.26. The zero-order valence-electron chi connectivity index (χ0n) is 20.3. The summed E-state index contributed by atoms with van der Waals surface area (Å²) < 4.78 is 38.0. The highest BCUT2D eigenvalue weighted by Gasteiger charge is 2.38. The number of amides is 3. The fourth-order valence-corrected chi connectivity index (χ4v) is 4.87. The number of aliphatic hydroxyl groups excluding tert-OH is 1. The Kier molecular flexibility index (Phi) is 8.59. The maximum absolute atomic E-state index is 13.2. The lowest BCUT2D eigenvalue weighted by Crippen LogP contribution is -2.54. The molecule has 1 fully saturated rings. The van der Waals surface area contributed by atoms with Crippen molar-refractivity contribution in [2.75, 3.05) is 13.7 Å². The van der Waals surface area contributed by atoms with E-state index < -0.39 is 45.4 Å². The average molecular weight is 525 g/mol. The molecule has 2 unspecified atom stereocenters. The first kappa shape index (κ1) is 27.4. The molecule has 36 heavy (non-hydrogen) atoms. The minimum Gasteiger partial charge on any atom is -0.496 e. The number of hydrogen-bond donors (Lipinski definition) is 6. The molecule has 1 aliphatic heterocycles. The molecule has 4 atom stereocenters. The molecule has 3 rings (SSSR count). The fraction of sp³-hybridized carbons (Fsp3) is 0.522. The van der Waals surface area contributed by atoms with Crippen LogP contribution in [0.25, 0.3) is 10.9 Å². The van der Waals surface area contributed by atoms with Crippen molar-refractivity contribution in [1.82, 2.24) is 20.9 Å². The van der Waals surface area contributed by atoms with E-state index in [9.17, 15) is 32.5 Å². The predicted octanol–water partition coefficient (Wildman–Crippen LogP) is 0.538. The van der Waals surface area contributed by atoms with Crippen LogP contribution < -0.4 is 20.7 Å². The van der Waals surface area contributed by atoms with E-state index in [1.165, 1.54) is 7.11 Å². The molecular formula is C23H32N4O8S. The number of H-pyrrole nitrogens is 1. The molecule has 198 valence electrons. The standard InChI is InChI=1S/C23H32N4O8S/c1-12(2)9-16(26-22(30)17-11-14-15(25-17)5-4-6-19(14)35-3)21(29)27-18(23(31)36(32,33)34)10-13-7-8-24-20(13)28/h4-6,11-13,16,18,23,25,31H,7-10H2,1-3H3,(H,24,28)(H,26,30)(H,27,29)(H,32,33,34)/t13?,16-,18-,23?/m0/s1. The number of fused-ring (bicyclic) bond motifs is 1. The Morgan fingerprint density at radius 2 is 1.97 bits per heavy atom. The molecule has 1 saturated heterocycles. The molecule has 0 spiro atoms. The Hall–Kier alpha value is -3.16. The van der Waals surface area contributed by atoms with Gasteiger partial charge in [-0.15, -0.1) is 0 Å². The van der Waals surface area contributed by atoms with E-state index in [1.807, 2.05) is 13.8 Å². The number of nitrogens with one attached hydrogen (secondary N) is 4. The Labute approximate surface area is 208 Å². The van der Waals surface area contributed by atoms with Gasteiger partial charge >= 0.3 is 0 Å². The van der Waals surface area contributed by atoms with Crippen LogP contribution in [0.1, 0.15) is 43.6 Å². The summed E-state index contributed by atoms with van der Waals surface area (Å²) in [4.78, 5) is 41.1. The van der Waals surface area contributed by atoms with Gasteiger partial charge in [-0.25, -0.2) is 0 Å².